The van der Waals surface area contributed by atoms with Crippen molar-refractivity contribution in [1.29, 1.82) is 0 Å². The molecule has 0 bridgehead atoms. The molecule has 1 aromatic heterocycles. The number of aromatic nitrogens is 1. The fourth-order valence-electron chi connectivity index (χ4n) is 1.47. The number of hydrogen-bond acceptors (Lipinski definition) is 3. The zero-order chi connectivity index (χ0) is 13.1. The largest absolute Gasteiger partial charge is 0.494 e. The Kier molecular flexibility index (Phi) is 3.58. The van der Waals surface area contributed by atoms with Gasteiger partial charge >= 0.3 is 0 Å². The van der Waals surface area contributed by atoms with Crippen LogP contribution in [0, 0.1) is 5.82 Å². The van der Waals surface area contributed by atoms with Gasteiger partial charge in [-0.1, -0.05) is 11.6 Å². The van der Waals surface area contributed by atoms with Gasteiger partial charge in [-0.25, -0.2) is 4.39 Å². The van der Waals surface area contributed by atoms with Crippen molar-refractivity contribution in [1.82, 2.24) is 4.98 Å². The summed E-state index contributed by atoms with van der Waals surface area (Å²) < 4.78 is 18.3. The first-order valence-corrected chi connectivity index (χ1v) is 5.49. The maximum Gasteiger partial charge on any atom is 0.211 e. The summed E-state index contributed by atoms with van der Waals surface area (Å²) in [5.41, 5.74) is 0.423. The van der Waals surface area contributed by atoms with E-state index in [9.17, 15) is 9.18 Å². The highest BCUT2D eigenvalue weighted by Gasteiger charge is 2.13. The Morgan fingerprint density at radius 1 is 1.33 bits per heavy atom. The number of halogens is 2. The molecule has 0 amide bonds. The van der Waals surface area contributed by atoms with E-state index < -0.39 is 5.82 Å². The third-order valence-electron chi connectivity index (χ3n) is 2.37. The minimum atomic E-state index is -0.586. The van der Waals surface area contributed by atoms with E-state index in [0.29, 0.717) is 5.02 Å². The van der Waals surface area contributed by atoms with Crippen molar-refractivity contribution in [3.63, 3.8) is 0 Å². The third kappa shape index (κ3) is 2.49. The summed E-state index contributed by atoms with van der Waals surface area (Å²) in [7, 11) is 1.36. The molecule has 0 aliphatic heterocycles. The molecule has 1 aromatic carbocycles. The van der Waals surface area contributed by atoms with E-state index in [1.807, 2.05) is 0 Å². The minimum Gasteiger partial charge on any atom is -0.494 e. The standard InChI is InChI=1S/C13H9ClFNO2/c1-18-12-5-2-8(6-10(12)15)13(17)11-4-3-9(14)7-16-11/h2-7H,1H3. The highest BCUT2D eigenvalue weighted by Crippen LogP contribution is 2.19. The molecule has 0 aliphatic rings. The number of hydrogen-bond donors (Lipinski definition) is 0. The number of pyridine rings is 1. The lowest BCUT2D eigenvalue weighted by Crippen LogP contribution is -2.04. The summed E-state index contributed by atoms with van der Waals surface area (Å²) in [5.74, 6) is -0.860. The van der Waals surface area contributed by atoms with Crippen LogP contribution in [0.15, 0.2) is 36.5 Å². The van der Waals surface area contributed by atoms with Gasteiger partial charge in [0, 0.05) is 11.8 Å². The number of ketones is 1. The number of rotatable bonds is 3. The smallest absolute Gasteiger partial charge is 0.211 e. The van der Waals surface area contributed by atoms with Crippen molar-refractivity contribution in [3.8, 4) is 5.75 Å². The number of nitrogens with zero attached hydrogens (tertiary/aromatic N) is 1. The Morgan fingerprint density at radius 3 is 2.67 bits per heavy atom. The molecule has 5 heteroatoms. The van der Waals surface area contributed by atoms with Crippen LogP contribution >= 0.6 is 11.6 Å². The fraction of sp³-hybridized carbons (Fsp3) is 0.0769. The molecule has 2 rings (SSSR count). The molecule has 0 fully saturated rings. The predicted molar refractivity (Wildman–Crippen MR) is 65.6 cm³/mol. The van der Waals surface area contributed by atoms with Gasteiger partial charge in [0.1, 0.15) is 5.69 Å². The van der Waals surface area contributed by atoms with Crippen molar-refractivity contribution in [2.45, 2.75) is 0 Å². The van der Waals surface area contributed by atoms with E-state index in [1.165, 1.54) is 31.5 Å². The van der Waals surface area contributed by atoms with Crippen LogP contribution in [0.3, 0.4) is 0 Å². The minimum absolute atomic E-state index is 0.0932. The van der Waals surface area contributed by atoms with E-state index in [4.69, 9.17) is 16.3 Å². The van der Waals surface area contributed by atoms with Crippen molar-refractivity contribution in [2.24, 2.45) is 0 Å². The molecule has 0 saturated carbocycles. The average Bonchev–Trinajstić information content (AvgIpc) is 2.38. The Balaban J connectivity index is 2.34. The molecule has 1 heterocycles. The van der Waals surface area contributed by atoms with E-state index in [0.717, 1.165) is 6.07 Å². The van der Waals surface area contributed by atoms with E-state index in [1.54, 1.807) is 6.07 Å². The van der Waals surface area contributed by atoms with Crippen LogP contribution in [-0.4, -0.2) is 17.9 Å². The summed E-state index contributed by atoms with van der Waals surface area (Å²) in [6, 6.07) is 7.06. The molecule has 0 unspecified atom stereocenters. The Morgan fingerprint density at radius 2 is 2.11 bits per heavy atom. The molecular formula is C13H9ClFNO2. The summed E-state index contributed by atoms with van der Waals surface area (Å²) in [6.45, 7) is 0. The first-order chi connectivity index (χ1) is 8.61. The molecule has 3 nitrogen and oxygen atoms in total. The van der Waals surface area contributed by atoms with Crippen LogP contribution in [0.4, 0.5) is 4.39 Å². The zero-order valence-electron chi connectivity index (χ0n) is 9.48. The summed E-state index contributed by atoms with van der Waals surface area (Å²) in [4.78, 5) is 15.9. The Labute approximate surface area is 108 Å². The second-order valence-electron chi connectivity index (χ2n) is 3.54. The second-order valence-corrected chi connectivity index (χ2v) is 3.98. The Hall–Kier alpha value is -1.94. The highest BCUT2D eigenvalue weighted by atomic mass is 35.5. The van der Waals surface area contributed by atoms with Gasteiger partial charge in [-0.05, 0) is 30.3 Å². The fourth-order valence-corrected chi connectivity index (χ4v) is 1.58. The maximum atomic E-state index is 13.5. The molecular weight excluding hydrogens is 257 g/mol. The van der Waals surface area contributed by atoms with Gasteiger partial charge in [-0.3, -0.25) is 9.78 Å². The zero-order valence-corrected chi connectivity index (χ0v) is 10.2. The number of benzene rings is 1. The van der Waals surface area contributed by atoms with Crippen LogP contribution in [0.2, 0.25) is 5.02 Å². The topological polar surface area (TPSA) is 39.2 Å². The van der Waals surface area contributed by atoms with Gasteiger partial charge in [0.2, 0.25) is 5.78 Å². The van der Waals surface area contributed by atoms with Crippen LogP contribution in [-0.2, 0) is 0 Å². The molecule has 2 aromatic rings. The highest BCUT2D eigenvalue weighted by molar-refractivity contribution is 6.30. The number of methoxy groups -OCH3 is 1. The molecule has 0 atom stereocenters. The molecule has 0 radical (unpaired) electrons. The predicted octanol–water partition coefficient (Wildman–Crippen LogP) is 3.11. The summed E-state index contributed by atoms with van der Waals surface area (Å²) >= 11 is 5.68. The molecule has 0 saturated heterocycles. The monoisotopic (exact) mass is 265 g/mol. The van der Waals surface area contributed by atoms with Gasteiger partial charge in [-0.2, -0.15) is 0 Å². The number of ether oxygens (including phenoxy) is 1. The van der Waals surface area contributed by atoms with Gasteiger partial charge in [-0.15, -0.1) is 0 Å². The average molecular weight is 266 g/mol. The van der Waals surface area contributed by atoms with Crippen LogP contribution < -0.4 is 4.74 Å². The third-order valence-corrected chi connectivity index (χ3v) is 2.60. The normalized spacial score (nSPS) is 10.2. The molecule has 18 heavy (non-hydrogen) atoms. The maximum absolute atomic E-state index is 13.5. The lowest BCUT2D eigenvalue weighted by Gasteiger charge is -2.04. The first-order valence-electron chi connectivity index (χ1n) is 5.11. The van der Waals surface area contributed by atoms with Crippen LogP contribution in [0.25, 0.3) is 0 Å². The van der Waals surface area contributed by atoms with Gasteiger partial charge in [0.15, 0.2) is 11.6 Å². The van der Waals surface area contributed by atoms with Gasteiger partial charge in [0.05, 0.1) is 12.1 Å². The SMILES string of the molecule is COc1ccc(C(=O)c2ccc(Cl)cn2)cc1F. The Bertz CT molecular complexity index is 584. The van der Waals surface area contributed by atoms with Crippen LogP contribution in [0.5, 0.6) is 5.75 Å². The number of carbonyl (C=O) groups is 1. The van der Waals surface area contributed by atoms with E-state index >= 15 is 0 Å². The second kappa shape index (κ2) is 5.14. The summed E-state index contributed by atoms with van der Waals surface area (Å²) in [5, 5.41) is 0.437. The molecule has 0 spiro atoms. The van der Waals surface area contributed by atoms with Crippen LogP contribution in [0.1, 0.15) is 16.1 Å². The van der Waals surface area contributed by atoms with Gasteiger partial charge in [0.25, 0.3) is 0 Å². The van der Waals surface area contributed by atoms with Crippen molar-refractivity contribution in [3.05, 3.63) is 58.6 Å². The van der Waals surface area contributed by atoms with Crippen molar-refractivity contribution in [2.75, 3.05) is 7.11 Å². The lowest BCUT2D eigenvalue weighted by atomic mass is 10.1. The summed E-state index contributed by atoms with van der Waals surface area (Å²) in [6.07, 6.45) is 1.37. The quantitative estimate of drug-likeness (QED) is 0.801. The number of carbonyl (C=O) groups excluding carboxylic acids is 1. The molecule has 0 aliphatic carbocycles. The lowest BCUT2D eigenvalue weighted by molar-refractivity contribution is 0.103. The van der Waals surface area contributed by atoms with E-state index in [2.05, 4.69) is 4.98 Å². The molecule has 0 N–H and O–H groups in total. The van der Waals surface area contributed by atoms with Gasteiger partial charge < -0.3 is 4.74 Å². The van der Waals surface area contributed by atoms with E-state index in [-0.39, 0.29) is 22.8 Å². The first kappa shape index (κ1) is 12.5. The molecule has 92 valence electrons. The van der Waals surface area contributed by atoms with Crippen molar-refractivity contribution >= 4 is 17.4 Å². The van der Waals surface area contributed by atoms with Crippen molar-refractivity contribution < 1.29 is 13.9 Å².